The van der Waals surface area contributed by atoms with Crippen molar-refractivity contribution in [1.82, 2.24) is 5.32 Å². The number of nitrogens with one attached hydrogen (secondary N) is 1. The number of ketones is 1. The molecule has 0 fully saturated rings. The standard InChI is InChI=1S/C30H25BrINO5/c1-4-37-23-14-18(13-22(31)29(23)38-15-17-9-11-19(32)12-10-17)25-24(30(35)36-3)16(2)33-27-20-7-5-6-8-21(20)28(34)26(25)27/h5-14,25,33H,4,15H2,1-3H3/t25-/m1/s1. The van der Waals surface area contributed by atoms with Crippen LogP contribution in [0, 0.1) is 3.57 Å². The number of halogens is 2. The van der Waals surface area contributed by atoms with Crippen LogP contribution in [0.3, 0.4) is 0 Å². The van der Waals surface area contributed by atoms with Crippen LogP contribution in [0.4, 0.5) is 0 Å². The van der Waals surface area contributed by atoms with Gasteiger partial charge in [0.2, 0.25) is 0 Å². The number of benzene rings is 3. The van der Waals surface area contributed by atoms with Gasteiger partial charge in [0.25, 0.3) is 0 Å². The number of Topliss-reactive ketones (excluding diaryl/α,β-unsaturated/α-hetero) is 1. The summed E-state index contributed by atoms with van der Waals surface area (Å²) in [6, 6.07) is 19.3. The molecule has 1 heterocycles. The molecule has 5 rings (SSSR count). The summed E-state index contributed by atoms with van der Waals surface area (Å²) < 4.78 is 19.2. The minimum atomic E-state index is -0.653. The van der Waals surface area contributed by atoms with Crippen molar-refractivity contribution < 1.29 is 23.8 Å². The number of rotatable bonds is 7. The fourth-order valence-electron chi connectivity index (χ4n) is 4.94. The highest BCUT2D eigenvalue weighted by atomic mass is 127. The summed E-state index contributed by atoms with van der Waals surface area (Å²) in [6.45, 7) is 4.50. The Labute approximate surface area is 243 Å². The summed E-state index contributed by atoms with van der Waals surface area (Å²) in [6.07, 6.45) is 0. The smallest absolute Gasteiger partial charge is 0.336 e. The molecule has 0 aromatic heterocycles. The first-order valence-corrected chi connectivity index (χ1v) is 14.0. The van der Waals surface area contributed by atoms with Gasteiger partial charge in [-0.1, -0.05) is 36.4 Å². The van der Waals surface area contributed by atoms with Gasteiger partial charge in [-0.2, -0.15) is 0 Å². The van der Waals surface area contributed by atoms with Crippen LogP contribution < -0.4 is 14.8 Å². The zero-order valence-electron chi connectivity index (χ0n) is 21.1. The first kappa shape index (κ1) is 26.5. The Morgan fingerprint density at radius 3 is 2.45 bits per heavy atom. The molecule has 0 radical (unpaired) electrons. The normalized spacial score (nSPS) is 16.1. The molecule has 6 nitrogen and oxygen atoms in total. The third kappa shape index (κ3) is 4.75. The summed E-state index contributed by atoms with van der Waals surface area (Å²) >= 11 is 5.94. The van der Waals surface area contributed by atoms with Gasteiger partial charge in [0.1, 0.15) is 6.61 Å². The fourth-order valence-corrected chi connectivity index (χ4v) is 5.87. The number of fused-ring (bicyclic) bond motifs is 2. The molecule has 1 N–H and O–H groups in total. The first-order valence-electron chi connectivity index (χ1n) is 12.1. The molecule has 3 aromatic rings. The lowest BCUT2D eigenvalue weighted by atomic mass is 9.79. The molecule has 0 unspecified atom stereocenters. The Hall–Kier alpha value is -3.11. The third-order valence-electron chi connectivity index (χ3n) is 6.62. The van der Waals surface area contributed by atoms with E-state index in [1.165, 1.54) is 7.11 Å². The highest BCUT2D eigenvalue weighted by Crippen LogP contribution is 2.49. The Morgan fingerprint density at radius 1 is 1.05 bits per heavy atom. The molecule has 8 heteroatoms. The largest absolute Gasteiger partial charge is 0.490 e. The number of hydrogen-bond donors (Lipinski definition) is 1. The highest BCUT2D eigenvalue weighted by molar-refractivity contribution is 14.1. The number of carbonyl (C=O) groups excluding carboxylic acids is 2. The molecule has 0 saturated heterocycles. The van der Waals surface area contributed by atoms with Gasteiger partial charge in [0, 0.05) is 31.9 Å². The summed E-state index contributed by atoms with van der Waals surface area (Å²) in [7, 11) is 1.35. The van der Waals surface area contributed by atoms with Crippen molar-refractivity contribution in [2.24, 2.45) is 0 Å². The van der Waals surface area contributed by atoms with E-state index in [2.05, 4.69) is 43.8 Å². The van der Waals surface area contributed by atoms with Gasteiger partial charge >= 0.3 is 5.97 Å². The highest BCUT2D eigenvalue weighted by Gasteiger charge is 2.43. The van der Waals surface area contributed by atoms with E-state index in [-0.39, 0.29) is 5.78 Å². The zero-order valence-corrected chi connectivity index (χ0v) is 24.8. The predicted octanol–water partition coefficient (Wildman–Crippen LogP) is 6.77. The van der Waals surface area contributed by atoms with Crippen molar-refractivity contribution in [3.05, 3.63) is 108 Å². The van der Waals surface area contributed by atoms with Crippen molar-refractivity contribution in [2.45, 2.75) is 26.4 Å². The predicted molar refractivity (Wildman–Crippen MR) is 157 cm³/mol. The van der Waals surface area contributed by atoms with E-state index < -0.39 is 11.9 Å². The average Bonchev–Trinajstić information content (AvgIpc) is 3.19. The quantitative estimate of drug-likeness (QED) is 0.219. The first-order chi connectivity index (χ1) is 18.3. The molecule has 1 aliphatic carbocycles. The second-order valence-corrected chi connectivity index (χ2v) is 11.0. The van der Waals surface area contributed by atoms with Crippen LogP contribution in [-0.4, -0.2) is 25.5 Å². The van der Waals surface area contributed by atoms with Gasteiger partial charge in [0.05, 0.1) is 29.5 Å². The van der Waals surface area contributed by atoms with Crippen LogP contribution in [0.15, 0.2) is 82.0 Å². The van der Waals surface area contributed by atoms with E-state index in [0.29, 0.717) is 57.3 Å². The van der Waals surface area contributed by atoms with Gasteiger partial charge in [0.15, 0.2) is 17.3 Å². The molecule has 0 bridgehead atoms. The van der Waals surface area contributed by atoms with Crippen LogP contribution in [0.25, 0.3) is 5.70 Å². The van der Waals surface area contributed by atoms with Crippen molar-refractivity contribution in [3.63, 3.8) is 0 Å². The molecule has 1 atom stereocenters. The van der Waals surface area contributed by atoms with E-state index in [0.717, 1.165) is 20.3 Å². The molecule has 194 valence electrons. The van der Waals surface area contributed by atoms with Gasteiger partial charge < -0.3 is 19.5 Å². The fraction of sp³-hybridized carbons (Fsp3) is 0.200. The second-order valence-electron chi connectivity index (χ2n) is 8.93. The summed E-state index contributed by atoms with van der Waals surface area (Å²) in [5.41, 5.74) is 5.42. The number of allylic oxidation sites excluding steroid dienone is 2. The van der Waals surface area contributed by atoms with Crippen LogP contribution in [0.2, 0.25) is 0 Å². The van der Waals surface area contributed by atoms with E-state index in [1.807, 2.05) is 74.5 Å². The van der Waals surface area contributed by atoms with Crippen LogP contribution in [-0.2, 0) is 16.1 Å². The molecule has 3 aromatic carbocycles. The van der Waals surface area contributed by atoms with E-state index in [9.17, 15) is 9.59 Å². The molecule has 0 spiro atoms. The lowest BCUT2D eigenvalue weighted by Gasteiger charge is -2.29. The molecule has 0 amide bonds. The molecular formula is C30H25BrINO5. The van der Waals surface area contributed by atoms with E-state index in [4.69, 9.17) is 14.2 Å². The van der Waals surface area contributed by atoms with Gasteiger partial charge in [-0.15, -0.1) is 0 Å². The zero-order chi connectivity index (χ0) is 27.0. The average molecular weight is 686 g/mol. The lowest BCUT2D eigenvalue weighted by molar-refractivity contribution is -0.136. The maximum Gasteiger partial charge on any atom is 0.336 e. The Kier molecular flexibility index (Phi) is 7.63. The minimum absolute atomic E-state index is 0.116. The van der Waals surface area contributed by atoms with Crippen LogP contribution >= 0.6 is 38.5 Å². The maximum atomic E-state index is 13.7. The minimum Gasteiger partial charge on any atom is -0.490 e. The van der Waals surface area contributed by atoms with Gasteiger partial charge in [-0.05, 0) is 87.8 Å². The lowest BCUT2D eigenvalue weighted by Crippen LogP contribution is -2.29. The number of hydrogen-bond acceptors (Lipinski definition) is 6. The molecule has 38 heavy (non-hydrogen) atoms. The molecule has 2 aliphatic rings. The number of ether oxygens (including phenoxy) is 3. The van der Waals surface area contributed by atoms with E-state index >= 15 is 0 Å². The monoisotopic (exact) mass is 685 g/mol. The summed E-state index contributed by atoms with van der Waals surface area (Å²) in [5.74, 6) is -0.190. The summed E-state index contributed by atoms with van der Waals surface area (Å²) in [5, 5.41) is 3.31. The van der Waals surface area contributed by atoms with E-state index in [1.54, 1.807) is 0 Å². The molecular weight excluding hydrogens is 661 g/mol. The SMILES string of the molecule is CCOc1cc([C@@H]2C(C(=O)OC)=C(C)NC3=C2C(=O)c2ccccc23)cc(Br)c1OCc1ccc(I)cc1. The number of methoxy groups -OCH3 is 1. The second kappa shape index (κ2) is 10.9. The van der Waals surface area contributed by atoms with Crippen molar-refractivity contribution >= 4 is 56.0 Å². The molecule has 1 aliphatic heterocycles. The maximum absolute atomic E-state index is 13.7. The van der Waals surface area contributed by atoms with Crippen molar-refractivity contribution in [1.29, 1.82) is 0 Å². The van der Waals surface area contributed by atoms with Crippen molar-refractivity contribution in [2.75, 3.05) is 13.7 Å². The number of dihydropyridines is 1. The Balaban J connectivity index is 1.61. The summed E-state index contributed by atoms with van der Waals surface area (Å²) in [4.78, 5) is 26.7. The topological polar surface area (TPSA) is 73.9 Å². The number of carbonyl (C=O) groups is 2. The third-order valence-corrected chi connectivity index (χ3v) is 7.92. The number of esters is 1. The Morgan fingerprint density at radius 2 is 1.76 bits per heavy atom. The molecule has 0 saturated carbocycles. The Bertz CT molecular complexity index is 1510. The van der Waals surface area contributed by atoms with Crippen LogP contribution in [0.5, 0.6) is 11.5 Å². The van der Waals surface area contributed by atoms with Gasteiger partial charge in [-0.25, -0.2) is 4.79 Å². The van der Waals surface area contributed by atoms with Crippen molar-refractivity contribution in [3.8, 4) is 11.5 Å². The van der Waals surface area contributed by atoms with Crippen LogP contribution in [0.1, 0.15) is 46.8 Å². The van der Waals surface area contributed by atoms with Gasteiger partial charge in [-0.3, -0.25) is 4.79 Å².